The normalized spacial score (nSPS) is 27.0. The summed E-state index contributed by atoms with van der Waals surface area (Å²) in [6, 6.07) is 0. The molecule has 1 N–H and O–H groups in total. The van der Waals surface area contributed by atoms with Crippen LogP contribution in [-0.2, 0) is 6.42 Å². The topological polar surface area (TPSA) is 51.0 Å². The van der Waals surface area contributed by atoms with Crippen molar-refractivity contribution in [3.8, 4) is 0 Å². The first-order valence-electron chi connectivity index (χ1n) is 5.45. The van der Waals surface area contributed by atoms with Gasteiger partial charge in [0.1, 0.15) is 0 Å². The highest BCUT2D eigenvalue weighted by Gasteiger charge is 2.26. The summed E-state index contributed by atoms with van der Waals surface area (Å²) in [5.74, 6) is 3.04. The number of hydrogen-bond donors (Lipinski definition) is 1. The molecule has 4 heteroatoms. The van der Waals surface area contributed by atoms with Crippen LogP contribution in [-0.4, -0.2) is 23.2 Å². The zero-order chi connectivity index (χ0) is 9.38. The van der Waals surface area contributed by atoms with Crippen LogP contribution in [0.2, 0.25) is 0 Å². The Morgan fingerprint density at radius 2 is 2.29 bits per heavy atom. The SMILES string of the molecule is C1C[C@H](c2nc(CC3CC3)no2)CN1. The summed E-state index contributed by atoms with van der Waals surface area (Å²) in [5, 5.41) is 7.33. The molecular weight excluding hydrogens is 178 g/mol. The second kappa shape index (κ2) is 3.35. The van der Waals surface area contributed by atoms with E-state index in [-0.39, 0.29) is 0 Å². The molecule has 14 heavy (non-hydrogen) atoms. The maximum atomic E-state index is 5.28. The van der Waals surface area contributed by atoms with E-state index in [0.29, 0.717) is 5.92 Å². The van der Waals surface area contributed by atoms with Gasteiger partial charge in [-0.25, -0.2) is 0 Å². The van der Waals surface area contributed by atoms with E-state index in [0.717, 1.165) is 43.6 Å². The molecule has 0 amide bonds. The zero-order valence-corrected chi connectivity index (χ0v) is 8.20. The molecule has 1 aliphatic carbocycles. The molecule has 3 rings (SSSR count). The van der Waals surface area contributed by atoms with E-state index in [2.05, 4.69) is 15.5 Å². The molecule has 2 fully saturated rings. The largest absolute Gasteiger partial charge is 0.339 e. The second-order valence-corrected chi connectivity index (χ2v) is 4.39. The van der Waals surface area contributed by atoms with Gasteiger partial charge in [0.25, 0.3) is 0 Å². The van der Waals surface area contributed by atoms with Crippen LogP contribution >= 0.6 is 0 Å². The highest BCUT2D eigenvalue weighted by molar-refractivity contribution is 4.99. The summed E-state index contributed by atoms with van der Waals surface area (Å²) < 4.78 is 5.28. The van der Waals surface area contributed by atoms with Crippen molar-refractivity contribution in [2.24, 2.45) is 5.92 Å². The van der Waals surface area contributed by atoms with Crippen molar-refractivity contribution in [1.82, 2.24) is 15.5 Å². The standard InChI is InChI=1S/C10H15N3O/c1-2-7(1)5-9-12-10(14-13-9)8-3-4-11-6-8/h7-8,11H,1-6H2/t8-/m0/s1. The number of hydrogen-bond acceptors (Lipinski definition) is 4. The van der Waals surface area contributed by atoms with Crippen LogP contribution in [0.5, 0.6) is 0 Å². The zero-order valence-electron chi connectivity index (χ0n) is 8.20. The molecule has 1 aromatic rings. The lowest BCUT2D eigenvalue weighted by Crippen LogP contribution is -2.08. The molecule has 0 spiro atoms. The van der Waals surface area contributed by atoms with Crippen molar-refractivity contribution in [3.63, 3.8) is 0 Å². The predicted molar refractivity (Wildman–Crippen MR) is 51.0 cm³/mol. The van der Waals surface area contributed by atoms with Gasteiger partial charge in [-0.1, -0.05) is 5.16 Å². The fourth-order valence-corrected chi connectivity index (χ4v) is 1.96. The van der Waals surface area contributed by atoms with E-state index in [4.69, 9.17) is 4.52 Å². The molecule has 4 nitrogen and oxygen atoms in total. The highest BCUT2D eigenvalue weighted by Crippen LogP contribution is 2.32. The molecule has 0 unspecified atom stereocenters. The highest BCUT2D eigenvalue weighted by atomic mass is 16.5. The first-order valence-corrected chi connectivity index (χ1v) is 5.45. The Morgan fingerprint density at radius 1 is 1.36 bits per heavy atom. The van der Waals surface area contributed by atoms with E-state index in [1.165, 1.54) is 12.8 Å². The molecule has 0 bridgehead atoms. The molecule has 0 aromatic carbocycles. The molecular formula is C10H15N3O. The van der Waals surface area contributed by atoms with Gasteiger partial charge in [0.05, 0.1) is 5.92 Å². The number of nitrogens with zero attached hydrogens (tertiary/aromatic N) is 2. The molecule has 1 saturated carbocycles. The van der Waals surface area contributed by atoms with E-state index >= 15 is 0 Å². The van der Waals surface area contributed by atoms with E-state index in [1.807, 2.05) is 0 Å². The lowest BCUT2D eigenvalue weighted by molar-refractivity contribution is 0.354. The average Bonchev–Trinajstić information content (AvgIpc) is 2.71. The van der Waals surface area contributed by atoms with Crippen molar-refractivity contribution < 1.29 is 4.52 Å². The predicted octanol–water partition coefficient (Wildman–Crippen LogP) is 1.10. The minimum Gasteiger partial charge on any atom is -0.339 e. The fraction of sp³-hybridized carbons (Fsp3) is 0.800. The van der Waals surface area contributed by atoms with Crippen LogP contribution in [0.1, 0.15) is 36.9 Å². The summed E-state index contributed by atoms with van der Waals surface area (Å²) in [5.41, 5.74) is 0. The maximum absolute atomic E-state index is 5.28. The van der Waals surface area contributed by atoms with Crippen molar-refractivity contribution in [1.29, 1.82) is 0 Å². The Kier molecular flexibility index (Phi) is 2.01. The van der Waals surface area contributed by atoms with Crippen LogP contribution in [0, 0.1) is 5.92 Å². The van der Waals surface area contributed by atoms with Crippen LogP contribution in [0.15, 0.2) is 4.52 Å². The summed E-state index contributed by atoms with van der Waals surface area (Å²) in [6.45, 7) is 2.07. The van der Waals surface area contributed by atoms with E-state index in [1.54, 1.807) is 0 Å². The minimum absolute atomic E-state index is 0.454. The second-order valence-electron chi connectivity index (χ2n) is 4.39. The van der Waals surface area contributed by atoms with Gasteiger partial charge in [0.15, 0.2) is 5.82 Å². The molecule has 1 saturated heterocycles. The first kappa shape index (κ1) is 8.41. The Bertz CT molecular complexity index is 313. The summed E-state index contributed by atoms with van der Waals surface area (Å²) in [7, 11) is 0. The quantitative estimate of drug-likeness (QED) is 0.781. The molecule has 1 aliphatic heterocycles. The number of nitrogens with one attached hydrogen (secondary N) is 1. The Labute approximate surface area is 83.1 Å². The smallest absolute Gasteiger partial charge is 0.231 e. The van der Waals surface area contributed by atoms with Crippen LogP contribution in [0.4, 0.5) is 0 Å². The molecule has 0 radical (unpaired) electrons. The number of aromatic nitrogens is 2. The minimum atomic E-state index is 0.454. The summed E-state index contributed by atoms with van der Waals surface area (Å²) in [4.78, 5) is 4.45. The lowest BCUT2D eigenvalue weighted by Gasteiger charge is -1.98. The molecule has 76 valence electrons. The van der Waals surface area contributed by atoms with Crippen LogP contribution < -0.4 is 5.32 Å². The third-order valence-electron chi connectivity index (χ3n) is 3.06. The first-order chi connectivity index (χ1) is 6.92. The third-order valence-corrected chi connectivity index (χ3v) is 3.06. The lowest BCUT2D eigenvalue weighted by atomic mass is 10.1. The Hall–Kier alpha value is -0.900. The van der Waals surface area contributed by atoms with Gasteiger partial charge in [-0.05, 0) is 31.7 Å². The Morgan fingerprint density at radius 3 is 3.00 bits per heavy atom. The summed E-state index contributed by atoms with van der Waals surface area (Å²) in [6.07, 6.45) is 4.83. The molecule has 1 aromatic heterocycles. The van der Waals surface area contributed by atoms with Crippen molar-refractivity contribution in [2.75, 3.05) is 13.1 Å². The monoisotopic (exact) mass is 193 g/mol. The molecule has 1 atom stereocenters. The van der Waals surface area contributed by atoms with Crippen LogP contribution in [0.25, 0.3) is 0 Å². The van der Waals surface area contributed by atoms with Crippen molar-refractivity contribution >= 4 is 0 Å². The van der Waals surface area contributed by atoms with Gasteiger partial charge in [-0.15, -0.1) is 0 Å². The van der Waals surface area contributed by atoms with Gasteiger partial charge < -0.3 is 9.84 Å². The van der Waals surface area contributed by atoms with Crippen LogP contribution in [0.3, 0.4) is 0 Å². The fourth-order valence-electron chi connectivity index (χ4n) is 1.96. The van der Waals surface area contributed by atoms with Gasteiger partial charge in [-0.3, -0.25) is 0 Å². The van der Waals surface area contributed by atoms with E-state index in [9.17, 15) is 0 Å². The maximum Gasteiger partial charge on any atom is 0.231 e. The van der Waals surface area contributed by atoms with E-state index < -0.39 is 0 Å². The van der Waals surface area contributed by atoms with Gasteiger partial charge >= 0.3 is 0 Å². The number of rotatable bonds is 3. The molecule has 2 heterocycles. The summed E-state index contributed by atoms with van der Waals surface area (Å²) >= 11 is 0. The van der Waals surface area contributed by atoms with Gasteiger partial charge in [0.2, 0.25) is 5.89 Å². The van der Waals surface area contributed by atoms with Gasteiger partial charge in [0, 0.05) is 13.0 Å². The third kappa shape index (κ3) is 1.66. The van der Waals surface area contributed by atoms with Crippen molar-refractivity contribution in [2.45, 2.75) is 31.6 Å². The molecule has 2 aliphatic rings. The van der Waals surface area contributed by atoms with Crippen molar-refractivity contribution in [3.05, 3.63) is 11.7 Å². The van der Waals surface area contributed by atoms with Gasteiger partial charge in [-0.2, -0.15) is 4.98 Å². The average molecular weight is 193 g/mol. The Balaban J connectivity index is 1.68.